The van der Waals surface area contributed by atoms with Crippen molar-refractivity contribution in [3.05, 3.63) is 70.8 Å². The standard InChI is InChI=1S/C24H26F4N2O2/c1-23(2)10-16(30-22(32)18-7-5-15(26)9-20(18)28)11-24(3,12-23)13-29-21(31)17-6-4-14(25)8-19(17)27/h4-9,16H,10-13H2,1-3H3,(H,29,31)(H,30,32)/t16-,24-/m0/s1. The van der Waals surface area contributed by atoms with Gasteiger partial charge in [-0.1, -0.05) is 20.8 Å². The molecule has 0 unspecified atom stereocenters. The molecular formula is C24H26F4N2O2. The van der Waals surface area contributed by atoms with Crippen molar-refractivity contribution in [2.75, 3.05) is 6.54 Å². The van der Waals surface area contributed by atoms with Gasteiger partial charge in [0, 0.05) is 24.7 Å². The fourth-order valence-electron chi connectivity index (χ4n) is 4.87. The van der Waals surface area contributed by atoms with Crippen molar-refractivity contribution in [3.8, 4) is 0 Å². The van der Waals surface area contributed by atoms with Gasteiger partial charge < -0.3 is 10.6 Å². The molecule has 2 aromatic carbocycles. The molecule has 3 rings (SSSR count). The van der Waals surface area contributed by atoms with Crippen molar-refractivity contribution in [2.24, 2.45) is 10.8 Å². The predicted molar refractivity (Wildman–Crippen MR) is 112 cm³/mol. The molecule has 4 nitrogen and oxygen atoms in total. The summed E-state index contributed by atoms with van der Waals surface area (Å²) in [6.07, 6.45) is 1.86. The van der Waals surface area contributed by atoms with Gasteiger partial charge in [-0.15, -0.1) is 0 Å². The molecular weight excluding hydrogens is 424 g/mol. The van der Waals surface area contributed by atoms with E-state index in [0.29, 0.717) is 25.0 Å². The molecule has 1 aliphatic rings. The van der Waals surface area contributed by atoms with Crippen LogP contribution in [0.25, 0.3) is 0 Å². The van der Waals surface area contributed by atoms with Crippen molar-refractivity contribution in [1.29, 1.82) is 0 Å². The van der Waals surface area contributed by atoms with Crippen LogP contribution in [0.15, 0.2) is 36.4 Å². The summed E-state index contributed by atoms with van der Waals surface area (Å²) in [4.78, 5) is 25.0. The Labute approximate surface area is 184 Å². The Morgan fingerprint density at radius 2 is 1.41 bits per heavy atom. The van der Waals surface area contributed by atoms with E-state index in [0.717, 1.165) is 30.7 Å². The maximum Gasteiger partial charge on any atom is 0.254 e. The average molecular weight is 450 g/mol. The second-order valence-electron chi connectivity index (χ2n) is 9.66. The highest BCUT2D eigenvalue weighted by atomic mass is 19.1. The molecule has 0 radical (unpaired) electrons. The first-order valence-corrected chi connectivity index (χ1v) is 10.4. The lowest BCUT2D eigenvalue weighted by atomic mass is 9.62. The summed E-state index contributed by atoms with van der Waals surface area (Å²) in [6, 6.07) is 5.24. The molecule has 0 bridgehead atoms. The highest BCUT2D eigenvalue weighted by Gasteiger charge is 2.42. The van der Waals surface area contributed by atoms with Crippen LogP contribution in [0.5, 0.6) is 0 Å². The number of hydrogen-bond donors (Lipinski definition) is 2. The SMILES string of the molecule is CC1(C)C[C@H](NC(=O)c2ccc(F)cc2F)C[C@](C)(CNC(=O)c2ccc(F)cc2F)C1. The van der Waals surface area contributed by atoms with Gasteiger partial charge in [0.05, 0.1) is 11.1 Å². The van der Waals surface area contributed by atoms with E-state index in [1.807, 2.05) is 20.8 Å². The maximum absolute atomic E-state index is 14.0. The zero-order chi connectivity index (χ0) is 23.7. The van der Waals surface area contributed by atoms with Crippen LogP contribution in [0.3, 0.4) is 0 Å². The molecule has 8 heteroatoms. The Bertz CT molecular complexity index is 1040. The van der Waals surface area contributed by atoms with E-state index in [4.69, 9.17) is 0 Å². The highest BCUT2D eigenvalue weighted by molar-refractivity contribution is 5.95. The Morgan fingerprint density at radius 1 is 0.875 bits per heavy atom. The summed E-state index contributed by atoms with van der Waals surface area (Å²) in [5, 5.41) is 5.54. The topological polar surface area (TPSA) is 58.2 Å². The third-order valence-electron chi connectivity index (χ3n) is 5.81. The second-order valence-corrected chi connectivity index (χ2v) is 9.66. The maximum atomic E-state index is 14.0. The van der Waals surface area contributed by atoms with Gasteiger partial charge in [0.2, 0.25) is 0 Å². The van der Waals surface area contributed by atoms with E-state index in [1.54, 1.807) is 0 Å². The smallest absolute Gasteiger partial charge is 0.254 e. The molecule has 0 spiro atoms. The zero-order valence-electron chi connectivity index (χ0n) is 18.2. The Balaban J connectivity index is 1.69. The lowest BCUT2D eigenvalue weighted by Gasteiger charge is -2.47. The summed E-state index contributed by atoms with van der Waals surface area (Å²) < 4.78 is 54.1. The zero-order valence-corrected chi connectivity index (χ0v) is 18.2. The molecule has 2 amide bonds. The quantitative estimate of drug-likeness (QED) is 0.631. The molecule has 0 heterocycles. The molecule has 172 valence electrons. The average Bonchev–Trinajstić information content (AvgIpc) is 2.64. The number of benzene rings is 2. The molecule has 1 aliphatic carbocycles. The van der Waals surface area contributed by atoms with Crippen molar-refractivity contribution < 1.29 is 27.2 Å². The van der Waals surface area contributed by atoms with Crippen molar-refractivity contribution in [2.45, 2.75) is 46.1 Å². The van der Waals surface area contributed by atoms with Gasteiger partial charge >= 0.3 is 0 Å². The molecule has 2 aromatic rings. The van der Waals surface area contributed by atoms with E-state index in [1.165, 1.54) is 0 Å². The minimum atomic E-state index is -0.942. The van der Waals surface area contributed by atoms with Crippen molar-refractivity contribution in [1.82, 2.24) is 10.6 Å². The molecule has 0 aromatic heterocycles. The van der Waals surface area contributed by atoms with E-state index < -0.39 is 40.5 Å². The number of rotatable bonds is 5. The van der Waals surface area contributed by atoms with Crippen LogP contribution in [0.1, 0.15) is 60.7 Å². The van der Waals surface area contributed by atoms with Gasteiger partial charge in [0.1, 0.15) is 23.3 Å². The van der Waals surface area contributed by atoms with Crippen LogP contribution in [0.2, 0.25) is 0 Å². The monoisotopic (exact) mass is 450 g/mol. The van der Waals surface area contributed by atoms with Crippen LogP contribution in [-0.4, -0.2) is 24.4 Å². The molecule has 32 heavy (non-hydrogen) atoms. The lowest BCUT2D eigenvalue weighted by molar-refractivity contribution is 0.0589. The number of halogens is 4. The molecule has 2 N–H and O–H groups in total. The van der Waals surface area contributed by atoms with Crippen LogP contribution >= 0.6 is 0 Å². The molecule has 2 atom stereocenters. The van der Waals surface area contributed by atoms with Gasteiger partial charge in [-0.2, -0.15) is 0 Å². The fourth-order valence-corrected chi connectivity index (χ4v) is 4.87. The van der Waals surface area contributed by atoms with Gasteiger partial charge in [-0.3, -0.25) is 9.59 Å². The molecule has 1 saturated carbocycles. The van der Waals surface area contributed by atoms with E-state index in [9.17, 15) is 27.2 Å². The lowest BCUT2D eigenvalue weighted by Crippen LogP contribution is -2.50. The second kappa shape index (κ2) is 8.92. The third-order valence-corrected chi connectivity index (χ3v) is 5.81. The summed E-state index contributed by atoms with van der Waals surface area (Å²) in [5.41, 5.74) is -1.12. The summed E-state index contributed by atoms with van der Waals surface area (Å²) in [6.45, 7) is 6.23. The number of amides is 2. The Hall–Kier alpha value is -2.90. The Kier molecular flexibility index (Phi) is 6.62. The van der Waals surface area contributed by atoms with Gasteiger partial charge in [-0.05, 0) is 54.4 Å². The minimum Gasteiger partial charge on any atom is -0.351 e. The molecule has 1 fully saturated rings. The largest absolute Gasteiger partial charge is 0.351 e. The summed E-state index contributed by atoms with van der Waals surface area (Å²) in [7, 11) is 0. The van der Waals surface area contributed by atoms with Crippen molar-refractivity contribution in [3.63, 3.8) is 0 Å². The van der Waals surface area contributed by atoms with Gasteiger partial charge in [-0.25, -0.2) is 17.6 Å². The normalized spacial score (nSPS) is 22.3. The first-order chi connectivity index (χ1) is 14.9. The number of carbonyl (C=O) groups is 2. The van der Waals surface area contributed by atoms with E-state index in [-0.39, 0.29) is 29.1 Å². The first-order valence-electron chi connectivity index (χ1n) is 10.4. The highest BCUT2D eigenvalue weighted by Crippen LogP contribution is 2.45. The minimum absolute atomic E-state index is 0.196. The Morgan fingerprint density at radius 3 is 1.94 bits per heavy atom. The molecule has 0 saturated heterocycles. The van der Waals surface area contributed by atoms with Gasteiger partial charge in [0.25, 0.3) is 11.8 Å². The number of hydrogen-bond acceptors (Lipinski definition) is 2. The summed E-state index contributed by atoms with van der Waals surface area (Å²) >= 11 is 0. The van der Waals surface area contributed by atoms with Crippen LogP contribution in [-0.2, 0) is 0 Å². The number of nitrogens with one attached hydrogen (secondary N) is 2. The molecule has 0 aliphatic heterocycles. The van der Waals surface area contributed by atoms with Crippen molar-refractivity contribution >= 4 is 11.8 Å². The number of carbonyl (C=O) groups excluding carboxylic acids is 2. The predicted octanol–water partition coefficient (Wildman–Crippen LogP) is 4.99. The van der Waals surface area contributed by atoms with Crippen LogP contribution in [0, 0.1) is 34.1 Å². The van der Waals surface area contributed by atoms with Crippen LogP contribution < -0.4 is 10.6 Å². The van der Waals surface area contributed by atoms with E-state index in [2.05, 4.69) is 10.6 Å². The van der Waals surface area contributed by atoms with E-state index >= 15 is 0 Å². The third kappa shape index (κ3) is 5.66. The fraction of sp³-hybridized carbons (Fsp3) is 0.417. The van der Waals surface area contributed by atoms with Crippen LogP contribution in [0.4, 0.5) is 17.6 Å². The first kappa shape index (κ1) is 23.8. The summed E-state index contributed by atoms with van der Waals surface area (Å²) in [5.74, 6) is -4.70. The van der Waals surface area contributed by atoms with Gasteiger partial charge in [0.15, 0.2) is 0 Å².